The average Bonchev–Trinajstić information content (AvgIpc) is 3.85. The SMILES string of the molecule is CC(=O)N[C@@H](Cc1c[nH]c2ccccc12)C(=O)[O-].CC(=O)N[C@@H](Cc1c[nH]c2ccccc12)C(=O)[O-].CC(=O)N[C@@H](Cc1c[nH]c2ccccc12)C(=O)[O-].[Al+3]. The number of amides is 3. The van der Waals surface area contributed by atoms with Crippen LogP contribution < -0.4 is 31.3 Å². The van der Waals surface area contributed by atoms with Crippen LogP contribution in [0.15, 0.2) is 91.4 Å². The number of carbonyl (C=O) groups excluding carboxylic acids is 6. The van der Waals surface area contributed by atoms with E-state index in [1.807, 2.05) is 72.8 Å². The third-order valence-electron chi connectivity index (χ3n) is 8.28. The Hall–Kier alpha value is -6.37. The predicted molar refractivity (Wildman–Crippen MR) is 200 cm³/mol. The van der Waals surface area contributed by atoms with Crippen molar-refractivity contribution in [3.8, 4) is 0 Å². The number of aliphatic carboxylic acids is 3. The third-order valence-corrected chi connectivity index (χ3v) is 8.28. The molecule has 0 aliphatic heterocycles. The van der Waals surface area contributed by atoms with Crippen LogP contribution in [0.1, 0.15) is 37.5 Å². The van der Waals surface area contributed by atoms with E-state index >= 15 is 0 Å². The molecule has 0 bridgehead atoms. The van der Waals surface area contributed by atoms with Crippen molar-refractivity contribution in [2.24, 2.45) is 0 Å². The summed E-state index contributed by atoms with van der Waals surface area (Å²) in [7, 11) is 0. The van der Waals surface area contributed by atoms with Gasteiger partial charge in [0.1, 0.15) is 0 Å². The van der Waals surface area contributed by atoms with E-state index in [2.05, 4.69) is 30.9 Å². The zero-order chi connectivity index (χ0) is 39.4. The Morgan fingerprint density at radius 1 is 0.473 bits per heavy atom. The van der Waals surface area contributed by atoms with Gasteiger partial charge in [0.2, 0.25) is 17.7 Å². The van der Waals surface area contributed by atoms with Crippen molar-refractivity contribution < 1.29 is 44.1 Å². The van der Waals surface area contributed by atoms with E-state index in [0.29, 0.717) is 0 Å². The Labute approximate surface area is 326 Å². The van der Waals surface area contributed by atoms with Gasteiger partial charge < -0.3 is 60.6 Å². The summed E-state index contributed by atoms with van der Waals surface area (Å²) < 4.78 is 0. The number of benzene rings is 3. The molecule has 55 heavy (non-hydrogen) atoms. The number of carbonyl (C=O) groups is 6. The number of fused-ring (bicyclic) bond motifs is 3. The minimum atomic E-state index is -1.28. The first kappa shape index (κ1) is 43.0. The third kappa shape index (κ3) is 12.3. The zero-order valence-corrected chi connectivity index (χ0v) is 31.4. The first-order valence-electron chi connectivity index (χ1n) is 16.8. The number of hydrogen-bond donors (Lipinski definition) is 6. The minimum absolute atomic E-state index is 0. The van der Waals surface area contributed by atoms with Gasteiger partial charge in [-0.2, -0.15) is 0 Å². The summed E-state index contributed by atoms with van der Waals surface area (Å²) >= 11 is 0. The van der Waals surface area contributed by atoms with Crippen molar-refractivity contribution in [2.75, 3.05) is 0 Å². The Bertz CT molecular complexity index is 2030. The molecule has 0 aliphatic rings. The van der Waals surface area contributed by atoms with Gasteiger partial charge in [0.05, 0.1) is 36.0 Å². The van der Waals surface area contributed by atoms with Crippen LogP contribution in [0.4, 0.5) is 0 Å². The molecule has 0 aliphatic carbocycles. The molecule has 6 rings (SSSR count). The van der Waals surface area contributed by atoms with E-state index in [9.17, 15) is 44.1 Å². The second-order valence-corrected chi connectivity index (χ2v) is 12.4. The van der Waals surface area contributed by atoms with Crippen molar-refractivity contribution in [1.29, 1.82) is 0 Å². The fraction of sp³-hybridized carbons (Fsp3) is 0.231. The molecule has 0 fully saturated rings. The molecule has 0 saturated carbocycles. The fourth-order valence-electron chi connectivity index (χ4n) is 5.88. The van der Waals surface area contributed by atoms with Gasteiger partial charge in [-0.05, 0) is 34.9 Å². The Kier molecular flexibility index (Phi) is 15.8. The molecular formula is C39H39AlN6O9. The van der Waals surface area contributed by atoms with Crippen molar-refractivity contribution in [2.45, 2.75) is 58.2 Å². The summed E-state index contributed by atoms with van der Waals surface area (Å²) in [6.07, 6.45) is 5.86. The number of aromatic amines is 3. The number of hydrogen-bond acceptors (Lipinski definition) is 9. The van der Waals surface area contributed by atoms with Crippen LogP contribution in [0.2, 0.25) is 0 Å². The summed E-state index contributed by atoms with van der Waals surface area (Å²) in [6, 6.07) is 19.7. The maximum Gasteiger partial charge on any atom is 3.00 e. The van der Waals surface area contributed by atoms with Gasteiger partial charge in [0.25, 0.3) is 0 Å². The standard InChI is InChI=1S/3C13H14N2O3.Al/c3*1-8(16)15-12(13(17)18)6-9-7-14-11-5-3-2-4-10(9)11;/h3*2-5,7,12,14H,6H2,1H3,(H,15,16)(H,17,18);/q;;;+3/p-3/t3*12-;/m000./s1. The molecule has 3 aromatic heterocycles. The molecule has 3 heterocycles. The molecule has 0 saturated heterocycles. The van der Waals surface area contributed by atoms with Crippen LogP contribution in [-0.2, 0) is 48.0 Å². The van der Waals surface area contributed by atoms with Crippen molar-refractivity contribution >= 4 is 85.7 Å². The van der Waals surface area contributed by atoms with Gasteiger partial charge in [-0.25, -0.2) is 0 Å². The largest absolute Gasteiger partial charge is 3.00 e. The smallest absolute Gasteiger partial charge is 0.548 e. The predicted octanol–water partition coefficient (Wildman–Crippen LogP) is -0.486. The number of para-hydroxylation sites is 3. The van der Waals surface area contributed by atoms with Crippen LogP contribution in [-0.4, -0.2) is 86.1 Å². The van der Waals surface area contributed by atoms with Crippen molar-refractivity contribution in [3.05, 3.63) is 108 Å². The van der Waals surface area contributed by atoms with Crippen molar-refractivity contribution in [1.82, 2.24) is 30.9 Å². The number of carboxylic acid groups (broad SMARTS) is 3. The van der Waals surface area contributed by atoms with E-state index in [1.165, 1.54) is 20.8 Å². The number of carboxylic acids is 3. The van der Waals surface area contributed by atoms with Crippen LogP contribution in [0, 0.1) is 0 Å². The van der Waals surface area contributed by atoms with Gasteiger partial charge in [0.15, 0.2) is 0 Å². The van der Waals surface area contributed by atoms with Crippen molar-refractivity contribution in [3.63, 3.8) is 0 Å². The molecule has 15 nitrogen and oxygen atoms in total. The summed E-state index contributed by atoms with van der Waals surface area (Å²) in [5.41, 5.74) is 5.34. The summed E-state index contributed by atoms with van der Waals surface area (Å²) in [5, 5.41) is 42.8. The van der Waals surface area contributed by atoms with E-state index < -0.39 is 36.0 Å². The number of H-pyrrole nitrogens is 3. The molecule has 16 heteroatoms. The molecule has 6 N–H and O–H groups in total. The number of aromatic nitrogens is 3. The second kappa shape index (κ2) is 20.2. The molecular weight excluding hydrogens is 723 g/mol. The van der Waals surface area contributed by atoms with E-state index in [4.69, 9.17) is 0 Å². The summed E-state index contributed by atoms with van der Waals surface area (Å²) in [5.74, 6) is -5.00. The summed E-state index contributed by atoms with van der Waals surface area (Å²) in [6.45, 7) is 3.85. The van der Waals surface area contributed by atoms with Crippen LogP contribution in [0.5, 0.6) is 0 Å². The summed E-state index contributed by atoms with van der Waals surface area (Å²) in [4.78, 5) is 74.9. The number of nitrogens with one attached hydrogen (secondary N) is 6. The van der Waals surface area contributed by atoms with Gasteiger partial charge in [-0.1, -0.05) is 54.6 Å². The average molecular weight is 763 g/mol. The van der Waals surface area contributed by atoms with Gasteiger partial charge in [-0.3, -0.25) is 14.4 Å². The quantitative estimate of drug-likeness (QED) is 0.0879. The van der Waals surface area contributed by atoms with Gasteiger partial charge in [-0.15, -0.1) is 0 Å². The zero-order valence-electron chi connectivity index (χ0n) is 30.3. The van der Waals surface area contributed by atoms with Crippen LogP contribution in [0.25, 0.3) is 32.7 Å². The van der Waals surface area contributed by atoms with E-state index in [0.717, 1.165) is 49.4 Å². The second-order valence-electron chi connectivity index (χ2n) is 12.4. The first-order valence-corrected chi connectivity index (χ1v) is 16.8. The molecule has 0 spiro atoms. The molecule has 282 valence electrons. The van der Waals surface area contributed by atoms with Gasteiger partial charge in [0, 0.05) is 91.3 Å². The Morgan fingerprint density at radius 2 is 0.709 bits per heavy atom. The molecule has 0 radical (unpaired) electrons. The molecule has 3 atom stereocenters. The number of rotatable bonds is 12. The molecule has 3 aromatic carbocycles. The normalized spacial score (nSPS) is 12.1. The van der Waals surface area contributed by atoms with Crippen LogP contribution >= 0.6 is 0 Å². The topological polar surface area (TPSA) is 255 Å². The maximum absolute atomic E-state index is 11.0. The molecule has 3 amide bonds. The van der Waals surface area contributed by atoms with E-state index in [1.54, 1.807) is 18.6 Å². The molecule has 6 aromatic rings. The monoisotopic (exact) mass is 762 g/mol. The van der Waals surface area contributed by atoms with Gasteiger partial charge >= 0.3 is 17.4 Å². The Morgan fingerprint density at radius 3 is 0.927 bits per heavy atom. The maximum atomic E-state index is 11.0. The van der Waals surface area contributed by atoms with E-state index in [-0.39, 0.29) is 54.3 Å². The first-order chi connectivity index (χ1) is 25.7. The Balaban J connectivity index is 0.000000220. The van der Waals surface area contributed by atoms with Crippen LogP contribution in [0.3, 0.4) is 0 Å². The minimum Gasteiger partial charge on any atom is -0.548 e. The molecule has 0 unspecified atom stereocenters. The fourth-order valence-corrected chi connectivity index (χ4v) is 5.88.